The Bertz CT molecular complexity index is 354. The molecule has 3 nitrogen and oxygen atoms in total. The van der Waals surface area contributed by atoms with Crippen molar-refractivity contribution in [3.8, 4) is 0 Å². The molecule has 1 saturated heterocycles. The van der Waals surface area contributed by atoms with Gasteiger partial charge in [0.15, 0.2) is 0 Å². The maximum Gasteiger partial charge on any atom is 0.0637 e. The lowest BCUT2D eigenvalue weighted by molar-refractivity contribution is 0.0806. The lowest BCUT2D eigenvalue weighted by Crippen LogP contribution is -2.45. The standard InChI is InChI=1S/C11H14Cl2N2O/c12-10-2-1-8(5-11(10)13)15-6-9-7-16-4-3-14-9/h1-2,5,9,14-15H,3-4,6-7H2. The fraction of sp³-hybridized carbons (Fsp3) is 0.455. The van der Waals surface area contributed by atoms with Crippen LogP contribution < -0.4 is 10.6 Å². The van der Waals surface area contributed by atoms with Gasteiger partial charge in [0, 0.05) is 24.8 Å². The summed E-state index contributed by atoms with van der Waals surface area (Å²) in [5.41, 5.74) is 0.974. The Balaban J connectivity index is 1.86. The normalized spacial score (nSPS) is 20.8. The maximum atomic E-state index is 5.92. The zero-order valence-corrected chi connectivity index (χ0v) is 10.3. The lowest BCUT2D eigenvalue weighted by atomic mass is 10.2. The van der Waals surface area contributed by atoms with Gasteiger partial charge in [-0.2, -0.15) is 0 Å². The van der Waals surface area contributed by atoms with E-state index in [-0.39, 0.29) is 0 Å². The molecule has 0 radical (unpaired) electrons. The molecule has 1 heterocycles. The average molecular weight is 261 g/mol. The molecule has 88 valence electrons. The molecule has 1 fully saturated rings. The highest BCUT2D eigenvalue weighted by Crippen LogP contribution is 2.24. The van der Waals surface area contributed by atoms with Crippen LogP contribution in [0.2, 0.25) is 10.0 Å². The van der Waals surface area contributed by atoms with Crippen molar-refractivity contribution in [3.63, 3.8) is 0 Å². The Morgan fingerprint density at radius 3 is 2.94 bits per heavy atom. The first-order chi connectivity index (χ1) is 7.75. The van der Waals surface area contributed by atoms with Crippen molar-refractivity contribution in [3.05, 3.63) is 28.2 Å². The van der Waals surface area contributed by atoms with Crippen LogP contribution in [0.1, 0.15) is 0 Å². The van der Waals surface area contributed by atoms with Crippen molar-refractivity contribution < 1.29 is 4.74 Å². The average Bonchev–Trinajstić information content (AvgIpc) is 2.32. The number of hydrogen-bond acceptors (Lipinski definition) is 3. The van der Waals surface area contributed by atoms with E-state index in [1.807, 2.05) is 12.1 Å². The Kier molecular flexibility index (Phi) is 4.29. The van der Waals surface area contributed by atoms with Crippen molar-refractivity contribution >= 4 is 28.9 Å². The molecule has 0 amide bonds. The van der Waals surface area contributed by atoms with Crippen LogP contribution >= 0.6 is 23.2 Å². The SMILES string of the molecule is Clc1ccc(NCC2COCCN2)cc1Cl. The number of benzene rings is 1. The van der Waals surface area contributed by atoms with E-state index in [4.69, 9.17) is 27.9 Å². The fourth-order valence-corrected chi connectivity index (χ4v) is 1.90. The molecule has 0 bridgehead atoms. The number of ether oxygens (including phenoxy) is 1. The van der Waals surface area contributed by atoms with Gasteiger partial charge in [-0.25, -0.2) is 0 Å². The second kappa shape index (κ2) is 5.73. The summed E-state index contributed by atoms with van der Waals surface area (Å²) in [7, 11) is 0. The quantitative estimate of drug-likeness (QED) is 0.876. The molecule has 1 aromatic carbocycles. The van der Waals surface area contributed by atoms with Crippen molar-refractivity contribution in [2.24, 2.45) is 0 Å². The molecule has 5 heteroatoms. The summed E-state index contributed by atoms with van der Waals surface area (Å²) in [6, 6.07) is 5.88. The molecular weight excluding hydrogens is 247 g/mol. The predicted octanol–water partition coefficient (Wildman–Crippen LogP) is 2.39. The van der Waals surface area contributed by atoms with Gasteiger partial charge in [0.05, 0.1) is 23.3 Å². The van der Waals surface area contributed by atoms with Crippen LogP contribution in [0.15, 0.2) is 18.2 Å². The van der Waals surface area contributed by atoms with Crippen LogP contribution in [0.4, 0.5) is 5.69 Å². The predicted molar refractivity (Wildman–Crippen MR) is 67.6 cm³/mol. The first-order valence-corrected chi connectivity index (χ1v) is 6.01. The minimum absolute atomic E-state index is 0.350. The molecule has 1 aliphatic rings. The van der Waals surface area contributed by atoms with E-state index in [0.717, 1.165) is 32.0 Å². The lowest BCUT2D eigenvalue weighted by Gasteiger charge is -2.24. The molecule has 1 unspecified atom stereocenters. The highest BCUT2D eigenvalue weighted by atomic mass is 35.5. The molecule has 16 heavy (non-hydrogen) atoms. The van der Waals surface area contributed by atoms with Crippen LogP contribution in [0, 0.1) is 0 Å². The first kappa shape index (κ1) is 12.0. The zero-order valence-electron chi connectivity index (χ0n) is 8.80. The minimum atomic E-state index is 0.350. The van der Waals surface area contributed by atoms with E-state index >= 15 is 0 Å². The monoisotopic (exact) mass is 260 g/mol. The highest BCUT2D eigenvalue weighted by Gasteiger charge is 2.12. The Labute approximate surface area is 105 Å². The van der Waals surface area contributed by atoms with Crippen LogP contribution in [-0.4, -0.2) is 32.3 Å². The molecule has 1 atom stereocenters. The third-order valence-electron chi connectivity index (χ3n) is 2.47. The van der Waals surface area contributed by atoms with Crippen LogP contribution in [0.5, 0.6) is 0 Å². The van der Waals surface area contributed by atoms with Gasteiger partial charge in [0.1, 0.15) is 0 Å². The number of nitrogens with one attached hydrogen (secondary N) is 2. The van der Waals surface area contributed by atoms with Crippen LogP contribution in [0.3, 0.4) is 0 Å². The molecule has 0 aromatic heterocycles. The molecule has 0 aliphatic carbocycles. The molecule has 0 saturated carbocycles. The van der Waals surface area contributed by atoms with Crippen LogP contribution in [0.25, 0.3) is 0 Å². The van der Waals surface area contributed by atoms with E-state index < -0.39 is 0 Å². The van der Waals surface area contributed by atoms with Gasteiger partial charge in [-0.05, 0) is 18.2 Å². The Hall–Kier alpha value is -0.480. The van der Waals surface area contributed by atoms with E-state index in [0.29, 0.717) is 16.1 Å². The summed E-state index contributed by atoms with van der Waals surface area (Å²) in [5.74, 6) is 0. The highest BCUT2D eigenvalue weighted by molar-refractivity contribution is 6.42. The summed E-state index contributed by atoms with van der Waals surface area (Å²) in [6.07, 6.45) is 0. The Morgan fingerprint density at radius 1 is 1.38 bits per heavy atom. The fourth-order valence-electron chi connectivity index (χ4n) is 1.60. The molecular formula is C11H14Cl2N2O. The van der Waals surface area contributed by atoms with Gasteiger partial charge in [0.2, 0.25) is 0 Å². The van der Waals surface area contributed by atoms with E-state index in [1.54, 1.807) is 6.07 Å². The van der Waals surface area contributed by atoms with Gasteiger partial charge >= 0.3 is 0 Å². The number of hydrogen-bond donors (Lipinski definition) is 2. The van der Waals surface area contributed by atoms with Crippen LogP contribution in [-0.2, 0) is 4.74 Å². The van der Waals surface area contributed by atoms with E-state index in [2.05, 4.69) is 10.6 Å². The second-order valence-corrected chi connectivity index (χ2v) is 4.55. The number of halogens is 2. The van der Waals surface area contributed by atoms with Gasteiger partial charge in [-0.15, -0.1) is 0 Å². The summed E-state index contributed by atoms with van der Waals surface area (Å²) >= 11 is 11.8. The van der Waals surface area contributed by atoms with Gasteiger partial charge in [-0.3, -0.25) is 0 Å². The third-order valence-corrected chi connectivity index (χ3v) is 3.21. The van der Waals surface area contributed by atoms with Gasteiger partial charge in [-0.1, -0.05) is 23.2 Å². The van der Waals surface area contributed by atoms with E-state index in [9.17, 15) is 0 Å². The molecule has 1 aliphatic heterocycles. The molecule has 0 spiro atoms. The first-order valence-electron chi connectivity index (χ1n) is 5.26. The van der Waals surface area contributed by atoms with Crippen molar-refractivity contribution in [1.82, 2.24) is 5.32 Å². The van der Waals surface area contributed by atoms with E-state index in [1.165, 1.54) is 0 Å². The summed E-state index contributed by atoms with van der Waals surface area (Å²) in [4.78, 5) is 0. The third kappa shape index (κ3) is 3.25. The molecule has 2 N–H and O–H groups in total. The second-order valence-electron chi connectivity index (χ2n) is 3.74. The summed E-state index contributed by atoms with van der Waals surface area (Å²) in [6.45, 7) is 3.27. The number of morpholine rings is 1. The number of anilines is 1. The van der Waals surface area contributed by atoms with Gasteiger partial charge in [0.25, 0.3) is 0 Å². The Morgan fingerprint density at radius 2 is 2.25 bits per heavy atom. The van der Waals surface area contributed by atoms with Crippen molar-refractivity contribution in [2.75, 3.05) is 31.6 Å². The molecule has 1 aromatic rings. The maximum absolute atomic E-state index is 5.92. The van der Waals surface area contributed by atoms with Crippen molar-refractivity contribution in [1.29, 1.82) is 0 Å². The minimum Gasteiger partial charge on any atom is -0.383 e. The van der Waals surface area contributed by atoms with Gasteiger partial charge < -0.3 is 15.4 Å². The summed E-state index contributed by atoms with van der Waals surface area (Å²) < 4.78 is 5.36. The number of rotatable bonds is 3. The topological polar surface area (TPSA) is 33.3 Å². The van der Waals surface area contributed by atoms with Crippen molar-refractivity contribution in [2.45, 2.75) is 6.04 Å². The largest absolute Gasteiger partial charge is 0.383 e. The smallest absolute Gasteiger partial charge is 0.0637 e. The summed E-state index contributed by atoms with van der Waals surface area (Å²) in [5, 5.41) is 7.81. The zero-order chi connectivity index (χ0) is 11.4. The molecule has 2 rings (SSSR count).